The van der Waals surface area contributed by atoms with Gasteiger partial charge in [0.25, 0.3) is 5.91 Å². The third-order valence-corrected chi connectivity index (χ3v) is 6.07. The molecule has 31 heavy (non-hydrogen) atoms. The number of ether oxygens (including phenoxy) is 1. The number of nitriles is 1. The van der Waals surface area contributed by atoms with E-state index in [-0.39, 0.29) is 11.9 Å². The van der Waals surface area contributed by atoms with Crippen LogP contribution in [-0.4, -0.2) is 38.6 Å². The molecular weight excluding hydrogens is 406 g/mol. The van der Waals surface area contributed by atoms with Gasteiger partial charge in [-0.25, -0.2) is 0 Å². The van der Waals surface area contributed by atoms with Crippen molar-refractivity contribution in [2.24, 2.45) is 0 Å². The van der Waals surface area contributed by atoms with E-state index >= 15 is 0 Å². The van der Waals surface area contributed by atoms with Gasteiger partial charge in [-0.1, -0.05) is 48.2 Å². The monoisotopic (exact) mass is 431 g/mol. The fourth-order valence-electron chi connectivity index (χ4n) is 3.24. The van der Waals surface area contributed by atoms with Crippen LogP contribution < -0.4 is 10.1 Å². The van der Waals surface area contributed by atoms with Gasteiger partial charge in [0.1, 0.15) is 11.8 Å². The average molecular weight is 432 g/mol. The lowest BCUT2D eigenvalue weighted by Crippen LogP contribution is -2.34. The van der Waals surface area contributed by atoms with Crippen LogP contribution in [0.1, 0.15) is 27.5 Å². The Hall–Kier alpha value is -3.27. The summed E-state index contributed by atoms with van der Waals surface area (Å²) in [6.07, 6.45) is 0. The lowest BCUT2D eigenvalue weighted by molar-refractivity contribution is 0.0939. The number of methoxy groups -OCH3 is 1. The number of carbonyl (C=O) groups excluding carboxylic acids is 1. The molecule has 3 aromatic rings. The van der Waals surface area contributed by atoms with Gasteiger partial charge in [0.15, 0.2) is 0 Å². The van der Waals surface area contributed by atoms with Crippen LogP contribution in [-0.2, 0) is 0 Å². The first-order valence-electron chi connectivity index (χ1n) is 9.88. The summed E-state index contributed by atoms with van der Waals surface area (Å²) in [6, 6.07) is 24.9. The van der Waals surface area contributed by atoms with E-state index < -0.39 is 0 Å². The van der Waals surface area contributed by atoms with Crippen molar-refractivity contribution in [3.05, 3.63) is 89.5 Å². The smallest absolute Gasteiger partial charge is 0.252 e. The zero-order valence-electron chi connectivity index (χ0n) is 17.8. The van der Waals surface area contributed by atoms with Crippen molar-refractivity contribution < 1.29 is 9.53 Å². The van der Waals surface area contributed by atoms with Crippen molar-refractivity contribution in [1.82, 2.24) is 10.2 Å². The first kappa shape index (κ1) is 22.4. The fourth-order valence-corrected chi connectivity index (χ4v) is 4.27. The van der Waals surface area contributed by atoms with Gasteiger partial charge in [-0.2, -0.15) is 5.26 Å². The lowest BCUT2D eigenvalue weighted by atomic mass is 10.1. The largest absolute Gasteiger partial charge is 0.497 e. The minimum absolute atomic E-state index is 0.00169. The average Bonchev–Trinajstić information content (AvgIpc) is 2.79. The summed E-state index contributed by atoms with van der Waals surface area (Å²) in [4.78, 5) is 16.8. The molecule has 0 aliphatic rings. The van der Waals surface area contributed by atoms with Crippen LogP contribution in [0.15, 0.2) is 82.6 Å². The van der Waals surface area contributed by atoms with Crippen LogP contribution in [0, 0.1) is 11.3 Å². The van der Waals surface area contributed by atoms with Crippen molar-refractivity contribution in [1.29, 1.82) is 5.26 Å². The molecule has 0 aromatic heterocycles. The maximum atomic E-state index is 13.1. The predicted octanol–water partition coefficient (Wildman–Crippen LogP) is 4.75. The molecule has 0 aliphatic heterocycles. The van der Waals surface area contributed by atoms with Crippen LogP contribution in [0.5, 0.6) is 5.75 Å². The molecule has 6 heteroatoms. The highest BCUT2D eigenvalue weighted by atomic mass is 32.2. The third-order valence-electron chi connectivity index (χ3n) is 4.92. The zero-order valence-corrected chi connectivity index (χ0v) is 18.6. The Morgan fingerprint density at radius 3 is 2.48 bits per heavy atom. The van der Waals surface area contributed by atoms with Gasteiger partial charge >= 0.3 is 0 Å². The van der Waals surface area contributed by atoms with Gasteiger partial charge in [-0.3, -0.25) is 4.79 Å². The van der Waals surface area contributed by atoms with E-state index in [2.05, 4.69) is 16.3 Å². The quantitative estimate of drug-likeness (QED) is 0.558. The van der Waals surface area contributed by atoms with E-state index in [9.17, 15) is 10.1 Å². The third kappa shape index (κ3) is 5.66. The minimum Gasteiger partial charge on any atom is -0.497 e. The summed E-state index contributed by atoms with van der Waals surface area (Å²) in [5.41, 5.74) is 2.24. The number of amides is 1. The lowest BCUT2D eigenvalue weighted by Gasteiger charge is -2.25. The van der Waals surface area contributed by atoms with Gasteiger partial charge in [0.2, 0.25) is 0 Å². The molecule has 0 saturated heterocycles. The van der Waals surface area contributed by atoms with Crippen LogP contribution in [0.3, 0.4) is 0 Å². The van der Waals surface area contributed by atoms with Crippen molar-refractivity contribution in [3.8, 4) is 11.8 Å². The molecule has 0 spiro atoms. The number of hydrogen-bond acceptors (Lipinski definition) is 5. The highest BCUT2D eigenvalue weighted by Crippen LogP contribution is 2.32. The van der Waals surface area contributed by atoms with E-state index in [4.69, 9.17) is 4.74 Å². The normalized spacial score (nSPS) is 11.6. The van der Waals surface area contributed by atoms with Crippen molar-refractivity contribution in [2.75, 3.05) is 27.7 Å². The first-order chi connectivity index (χ1) is 15.0. The molecule has 0 radical (unpaired) electrons. The van der Waals surface area contributed by atoms with Crippen LogP contribution >= 0.6 is 11.8 Å². The van der Waals surface area contributed by atoms with E-state index in [1.165, 1.54) is 11.8 Å². The van der Waals surface area contributed by atoms with Gasteiger partial charge < -0.3 is 15.0 Å². The Labute approximate surface area is 187 Å². The Morgan fingerprint density at radius 1 is 1.06 bits per heavy atom. The Morgan fingerprint density at radius 2 is 1.77 bits per heavy atom. The van der Waals surface area contributed by atoms with Gasteiger partial charge in [0, 0.05) is 16.3 Å². The number of rotatable bonds is 8. The fraction of sp³-hybridized carbons (Fsp3) is 0.200. The molecule has 1 unspecified atom stereocenters. The van der Waals surface area contributed by atoms with Gasteiger partial charge in [-0.05, 0) is 56.1 Å². The second kappa shape index (κ2) is 10.7. The Kier molecular flexibility index (Phi) is 7.71. The molecule has 158 valence electrons. The van der Waals surface area contributed by atoms with E-state index in [1.807, 2.05) is 80.8 Å². The number of hydrogen-bond donors (Lipinski definition) is 1. The Bertz CT molecular complexity index is 1090. The van der Waals surface area contributed by atoms with E-state index in [1.54, 1.807) is 13.2 Å². The maximum Gasteiger partial charge on any atom is 0.252 e. The van der Waals surface area contributed by atoms with Gasteiger partial charge in [-0.15, -0.1) is 0 Å². The minimum atomic E-state index is -0.146. The van der Waals surface area contributed by atoms with E-state index in [0.717, 1.165) is 21.1 Å². The number of carbonyl (C=O) groups is 1. The molecular formula is C25H25N3O2S. The highest BCUT2D eigenvalue weighted by molar-refractivity contribution is 7.99. The highest BCUT2D eigenvalue weighted by Gasteiger charge is 2.18. The van der Waals surface area contributed by atoms with E-state index in [0.29, 0.717) is 17.7 Å². The van der Waals surface area contributed by atoms with Crippen molar-refractivity contribution in [2.45, 2.75) is 15.8 Å². The number of likely N-dealkylation sites (N-methyl/N-ethyl adjacent to an activating group) is 1. The van der Waals surface area contributed by atoms with Crippen LogP contribution in [0.4, 0.5) is 0 Å². The summed E-state index contributed by atoms with van der Waals surface area (Å²) < 4.78 is 5.34. The molecule has 1 atom stereocenters. The summed E-state index contributed by atoms with van der Waals surface area (Å²) >= 11 is 1.43. The van der Waals surface area contributed by atoms with Crippen molar-refractivity contribution in [3.63, 3.8) is 0 Å². The SMILES string of the molecule is COc1cccc(C(CNC(=O)c2ccccc2Sc2ccccc2C#N)N(C)C)c1. The summed E-state index contributed by atoms with van der Waals surface area (Å²) in [7, 11) is 5.61. The van der Waals surface area contributed by atoms with Crippen LogP contribution in [0.25, 0.3) is 0 Å². The molecule has 0 aliphatic carbocycles. The molecule has 0 saturated carbocycles. The maximum absolute atomic E-state index is 13.1. The summed E-state index contributed by atoms with van der Waals surface area (Å²) in [6.45, 7) is 0.451. The molecule has 1 N–H and O–H groups in total. The number of benzene rings is 3. The predicted molar refractivity (Wildman–Crippen MR) is 123 cm³/mol. The second-order valence-electron chi connectivity index (χ2n) is 7.17. The Balaban J connectivity index is 1.78. The molecule has 3 rings (SSSR count). The first-order valence-corrected chi connectivity index (χ1v) is 10.7. The summed E-state index contributed by atoms with van der Waals surface area (Å²) in [5, 5.41) is 12.4. The van der Waals surface area contributed by atoms with Gasteiger partial charge in [0.05, 0.1) is 24.3 Å². The standard InChI is InChI=1S/C25H25N3O2S/c1-28(2)22(18-10-8-11-20(15-18)30-3)17-27-25(29)21-12-5-7-14-24(21)31-23-13-6-4-9-19(23)16-26/h4-15,22H,17H2,1-3H3,(H,27,29). The van der Waals surface area contributed by atoms with Crippen molar-refractivity contribution >= 4 is 17.7 Å². The summed E-state index contributed by atoms with van der Waals surface area (Å²) in [5.74, 6) is 0.640. The second-order valence-corrected chi connectivity index (χ2v) is 8.26. The molecule has 3 aromatic carbocycles. The number of nitrogens with zero attached hydrogens (tertiary/aromatic N) is 2. The molecule has 0 bridgehead atoms. The molecule has 5 nitrogen and oxygen atoms in total. The zero-order chi connectivity index (χ0) is 22.2. The molecule has 1 amide bonds. The number of nitrogens with one attached hydrogen (secondary N) is 1. The molecule has 0 heterocycles. The van der Waals surface area contributed by atoms with Crippen LogP contribution in [0.2, 0.25) is 0 Å². The topological polar surface area (TPSA) is 65.4 Å². The molecule has 0 fully saturated rings.